The molecule has 0 aliphatic carbocycles. The van der Waals surface area contributed by atoms with Crippen LogP contribution in [0.4, 0.5) is 17.2 Å². The summed E-state index contributed by atoms with van der Waals surface area (Å²) in [6.45, 7) is 9.98. The number of carbonyl (C=O) groups excluding carboxylic acids is 1. The maximum absolute atomic E-state index is 12.1. The van der Waals surface area contributed by atoms with Crippen LogP contribution in [0.15, 0.2) is 80.0 Å². The number of rotatable bonds is 6. The Labute approximate surface area is 226 Å². The molecule has 2 aromatic carbocycles. The third-order valence-electron chi connectivity index (χ3n) is 7.41. The SMILES string of the molecule is C=CC(=O)N1CCN(c2ccc3ncnc(Nc4ccc(Cc5ccn6ncnc6c5)c(C)c4)c3c2)C(C)C1. The zero-order valence-electron chi connectivity index (χ0n) is 22.1. The summed E-state index contributed by atoms with van der Waals surface area (Å²) in [5.41, 5.74) is 7.43. The number of benzene rings is 2. The molecule has 39 heavy (non-hydrogen) atoms. The molecule has 0 spiro atoms. The average Bonchev–Trinajstić information content (AvgIpc) is 3.42. The first-order chi connectivity index (χ1) is 19.0. The van der Waals surface area contributed by atoms with Crippen LogP contribution in [0.1, 0.15) is 23.6 Å². The van der Waals surface area contributed by atoms with Gasteiger partial charge in [0, 0.05) is 48.6 Å². The summed E-state index contributed by atoms with van der Waals surface area (Å²) >= 11 is 0. The van der Waals surface area contributed by atoms with Gasteiger partial charge in [-0.3, -0.25) is 4.79 Å². The Morgan fingerprint density at radius 2 is 1.97 bits per heavy atom. The largest absolute Gasteiger partial charge is 0.365 e. The highest BCUT2D eigenvalue weighted by molar-refractivity contribution is 5.93. The van der Waals surface area contributed by atoms with E-state index in [1.807, 2.05) is 17.2 Å². The van der Waals surface area contributed by atoms with E-state index in [0.717, 1.165) is 46.7 Å². The number of nitrogens with zero attached hydrogens (tertiary/aromatic N) is 7. The summed E-state index contributed by atoms with van der Waals surface area (Å²) in [6, 6.07) is 17.0. The maximum atomic E-state index is 12.1. The Kier molecular flexibility index (Phi) is 6.40. The molecular formula is C30H30N8O. The molecule has 1 aliphatic heterocycles. The third-order valence-corrected chi connectivity index (χ3v) is 7.41. The fraction of sp³-hybridized carbons (Fsp3) is 0.233. The van der Waals surface area contributed by atoms with E-state index in [9.17, 15) is 4.79 Å². The molecule has 1 amide bonds. The van der Waals surface area contributed by atoms with E-state index in [1.165, 1.54) is 22.8 Å². The van der Waals surface area contributed by atoms with Crippen molar-refractivity contribution in [2.24, 2.45) is 0 Å². The van der Waals surface area contributed by atoms with Crippen LogP contribution in [0.25, 0.3) is 16.6 Å². The number of aryl methyl sites for hydroxylation is 1. The molecule has 3 aromatic heterocycles. The molecule has 1 atom stereocenters. The summed E-state index contributed by atoms with van der Waals surface area (Å²) in [5, 5.41) is 8.64. The van der Waals surface area contributed by atoms with Crippen LogP contribution in [0.2, 0.25) is 0 Å². The third kappa shape index (κ3) is 4.90. The highest BCUT2D eigenvalue weighted by atomic mass is 16.2. The van der Waals surface area contributed by atoms with E-state index in [-0.39, 0.29) is 11.9 Å². The number of pyridine rings is 1. The Morgan fingerprint density at radius 1 is 1.08 bits per heavy atom. The number of amides is 1. The Hall–Kier alpha value is -4.79. The van der Waals surface area contributed by atoms with Crippen LogP contribution in [0.5, 0.6) is 0 Å². The van der Waals surface area contributed by atoms with Crippen molar-refractivity contribution in [1.82, 2.24) is 29.5 Å². The van der Waals surface area contributed by atoms with Crippen molar-refractivity contribution in [3.63, 3.8) is 0 Å². The zero-order chi connectivity index (χ0) is 26.9. The second-order valence-electron chi connectivity index (χ2n) is 10.00. The Morgan fingerprint density at radius 3 is 2.79 bits per heavy atom. The molecule has 1 aliphatic rings. The molecule has 196 valence electrons. The van der Waals surface area contributed by atoms with Crippen molar-refractivity contribution >= 4 is 39.6 Å². The number of aromatic nitrogens is 5. The van der Waals surface area contributed by atoms with Crippen molar-refractivity contribution in [3.8, 4) is 0 Å². The topological polar surface area (TPSA) is 91.6 Å². The number of anilines is 3. The lowest BCUT2D eigenvalue weighted by Crippen LogP contribution is -2.53. The fourth-order valence-electron chi connectivity index (χ4n) is 5.29. The van der Waals surface area contributed by atoms with Gasteiger partial charge in [-0.25, -0.2) is 19.5 Å². The molecule has 1 N–H and O–H groups in total. The fourth-order valence-corrected chi connectivity index (χ4v) is 5.29. The second kappa shape index (κ2) is 10.2. The molecule has 0 bridgehead atoms. The number of nitrogens with one attached hydrogen (secondary N) is 1. The van der Waals surface area contributed by atoms with E-state index in [1.54, 1.807) is 17.2 Å². The van der Waals surface area contributed by atoms with Gasteiger partial charge in [-0.05, 0) is 85.5 Å². The Bertz CT molecular complexity index is 1690. The maximum Gasteiger partial charge on any atom is 0.246 e. The van der Waals surface area contributed by atoms with Gasteiger partial charge in [0.2, 0.25) is 5.91 Å². The number of hydrogen-bond donors (Lipinski definition) is 1. The number of fused-ring (bicyclic) bond motifs is 2. The molecule has 1 saturated heterocycles. The Balaban J connectivity index is 1.22. The van der Waals surface area contributed by atoms with Gasteiger partial charge >= 0.3 is 0 Å². The average molecular weight is 519 g/mol. The summed E-state index contributed by atoms with van der Waals surface area (Å²) in [7, 11) is 0. The molecule has 0 radical (unpaired) electrons. The van der Waals surface area contributed by atoms with Crippen molar-refractivity contribution in [2.75, 3.05) is 29.9 Å². The number of piperazine rings is 1. The standard InChI is InChI=1S/C30H30N8O/c1-4-29(39)36-11-12-37(21(3)17-36)25-7-8-27-26(16-25)30(33-18-31-27)35-24-6-5-23(20(2)13-24)14-22-9-10-38-28(15-22)32-19-34-38/h4-10,13,15-16,18-19,21H,1,11-12,14,17H2,2-3H3,(H,31,33,35). The summed E-state index contributed by atoms with van der Waals surface area (Å²) in [5.74, 6) is 0.747. The summed E-state index contributed by atoms with van der Waals surface area (Å²) < 4.78 is 1.77. The molecule has 1 fully saturated rings. The van der Waals surface area contributed by atoms with Crippen LogP contribution in [0, 0.1) is 6.92 Å². The lowest BCUT2D eigenvalue weighted by molar-refractivity contribution is -0.126. The van der Waals surface area contributed by atoms with Gasteiger partial charge < -0.3 is 15.1 Å². The lowest BCUT2D eigenvalue weighted by Gasteiger charge is -2.41. The lowest BCUT2D eigenvalue weighted by atomic mass is 10.0. The number of carbonyl (C=O) groups is 1. The van der Waals surface area contributed by atoms with Gasteiger partial charge in [-0.15, -0.1) is 0 Å². The second-order valence-corrected chi connectivity index (χ2v) is 10.00. The molecule has 9 nitrogen and oxygen atoms in total. The van der Waals surface area contributed by atoms with E-state index in [2.05, 4.69) is 93.2 Å². The van der Waals surface area contributed by atoms with Crippen LogP contribution >= 0.6 is 0 Å². The minimum absolute atomic E-state index is 0.0161. The van der Waals surface area contributed by atoms with Crippen molar-refractivity contribution in [3.05, 3.63) is 96.7 Å². The van der Waals surface area contributed by atoms with E-state index < -0.39 is 0 Å². The molecular weight excluding hydrogens is 488 g/mol. The van der Waals surface area contributed by atoms with Crippen LogP contribution in [-0.2, 0) is 11.2 Å². The predicted octanol–water partition coefficient (Wildman–Crippen LogP) is 4.54. The normalized spacial score (nSPS) is 15.6. The first-order valence-corrected chi connectivity index (χ1v) is 13.1. The van der Waals surface area contributed by atoms with Crippen molar-refractivity contribution in [2.45, 2.75) is 26.3 Å². The predicted molar refractivity (Wildman–Crippen MR) is 153 cm³/mol. The summed E-state index contributed by atoms with van der Waals surface area (Å²) in [6.07, 6.45) is 7.31. The highest BCUT2D eigenvalue weighted by Crippen LogP contribution is 2.30. The first-order valence-electron chi connectivity index (χ1n) is 13.1. The zero-order valence-corrected chi connectivity index (χ0v) is 22.1. The summed E-state index contributed by atoms with van der Waals surface area (Å²) in [4.78, 5) is 29.6. The van der Waals surface area contributed by atoms with E-state index in [4.69, 9.17) is 0 Å². The quantitative estimate of drug-likeness (QED) is 0.330. The van der Waals surface area contributed by atoms with Gasteiger partial charge in [-0.1, -0.05) is 12.6 Å². The van der Waals surface area contributed by atoms with Crippen LogP contribution in [0.3, 0.4) is 0 Å². The first kappa shape index (κ1) is 24.5. The molecule has 5 aromatic rings. The molecule has 0 saturated carbocycles. The van der Waals surface area contributed by atoms with Crippen molar-refractivity contribution in [1.29, 1.82) is 0 Å². The molecule has 9 heteroatoms. The molecule has 6 rings (SSSR count). The van der Waals surface area contributed by atoms with E-state index >= 15 is 0 Å². The van der Waals surface area contributed by atoms with Gasteiger partial charge in [0.1, 0.15) is 18.5 Å². The van der Waals surface area contributed by atoms with E-state index in [0.29, 0.717) is 13.1 Å². The number of hydrogen-bond acceptors (Lipinski definition) is 7. The van der Waals surface area contributed by atoms with Gasteiger partial charge in [-0.2, -0.15) is 5.10 Å². The molecule has 4 heterocycles. The monoisotopic (exact) mass is 518 g/mol. The van der Waals surface area contributed by atoms with Gasteiger partial charge in [0.05, 0.1) is 5.52 Å². The van der Waals surface area contributed by atoms with Crippen molar-refractivity contribution < 1.29 is 4.79 Å². The van der Waals surface area contributed by atoms with Crippen LogP contribution < -0.4 is 10.2 Å². The van der Waals surface area contributed by atoms with Crippen LogP contribution in [-0.4, -0.2) is 61.0 Å². The van der Waals surface area contributed by atoms with Gasteiger partial charge in [0.15, 0.2) is 5.65 Å². The van der Waals surface area contributed by atoms with Gasteiger partial charge in [0.25, 0.3) is 0 Å². The smallest absolute Gasteiger partial charge is 0.246 e. The minimum Gasteiger partial charge on any atom is -0.365 e. The minimum atomic E-state index is -0.0161. The molecule has 1 unspecified atom stereocenters. The highest BCUT2D eigenvalue weighted by Gasteiger charge is 2.26.